The molecule has 0 bridgehead atoms. The van der Waals surface area contributed by atoms with Gasteiger partial charge in [0.15, 0.2) is 0 Å². The first-order valence-corrected chi connectivity index (χ1v) is 11.7. The van der Waals surface area contributed by atoms with Crippen LogP contribution < -0.4 is 5.32 Å². The Morgan fingerprint density at radius 1 is 1.29 bits per heavy atom. The van der Waals surface area contributed by atoms with Crippen LogP contribution >= 0.6 is 11.6 Å². The molecule has 0 amide bonds. The molecule has 0 saturated heterocycles. The van der Waals surface area contributed by atoms with Gasteiger partial charge >= 0.3 is 11.9 Å². The van der Waals surface area contributed by atoms with Crippen LogP contribution in [0.2, 0.25) is 5.02 Å². The Bertz CT molecular complexity index is 1000. The van der Waals surface area contributed by atoms with E-state index < -0.39 is 36.0 Å². The second-order valence-corrected chi connectivity index (χ2v) is 8.83. The number of halogens is 2. The molecule has 0 aliphatic carbocycles. The number of hydrogen-bond donors (Lipinski definition) is 3. The first kappa shape index (κ1) is 25.9. The highest BCUT2D eigenvalue weighted by Gasteiger charge is 2.31. The number of carbonyl (C=O) groups excluding carboxylic acids is 1. The molecule has 2 heterocycles. The number of carboxylic acids is 1. The Labute approximate surface area is 202 Å². The Kier molecular flexibility index (Phi) is 9.20. The van der Waals surface area contributed by atoms with Gasteiger partial charge in [0.25, 0.3) is 0 Å². The van der Waals surface area contributed by atoms with Crippen LogP contribution in [-0.2, 0) is 22.5 Å². The number of carbonyl (C=O) groups is 2. The molecule has 34 heavy (non-hydrogen) atoms. The lowest BCUT2D eigenvalue weighted by Crippen LogP contribution is -2.45. The summed E-state index contributed by atoms with van der Waals surface area (Å²) >= 11 is 5.96. The summed E-state index contributed by atoms with van der Waals surface area (Å²) in [5.41, 5.74) is 1.63. The Morgan fingerprint density at radius 3 is 2.79 bits per heavy atom. The highest BCUT2D eigenvalue weighted by atomic mass is 35.5. The van der Waals surface area contributed by atoms with Crippen molar-refractivity contribution in [2.45, 2.75) is 45.1 Å². The van der Waals surface area contributed by atoms with Gasteiger partial charge in [-0.1, -0.05) is 30.7 Å². The topological polar surface area (TPSA) is 112 Å². The molecule has 1 aromatic heterocycles. The van der Waals surface area contributed by atoms with Gasteiger partial charge in [0, 0.05) is 25.4 Å². The van der Waals surface area contributed by atoms with E-state index >= 15 is 0 Å². The minimum Gasteiger partial charge on any atom is -0.480 e. The first-order chi connectivity index (χ1) is 16.3. The van der Waals surface area contributed by atoms with E-state index in [9.17, 15) is 24.2 Å². The number of aromatic nitrogens is 1. The largest absolute Gasteiger partial charge is 0.480 e. The highest BCUT2D eigenvalue weighted by Crippen LogP contribution is 2.23. The normalized spacial score (nSPS) is 14.7. The summed E-state index contributed by atoms with van der Waals surface area (Å²) in [6.07, 6.45) is 3.20. The number of benzene rings is 1. The standard InChI is InChI=1S/C24H29ClFN3O5/c1-15(7-9-17-10-8-16-4-3-12-27-22(16)28-17)14-29(20(11-13-30)23(31)32)34-24(33)21-18(25)5-2-6-19(21)26/h2,5-6,8,10,15,20,30H,3-4,7,9,11-14H2,1H3,(H,27,28)(H,31,32)/t15?,20-/m0/s1. The maximum Gasteiger partial charge on any atom is 0.361 e. The second-order valence-electron chi connectivity index (χ2n) is 8.43. The number of hydrogen-bond acceptors (Lipinski definition) is 7. The van der Waals surface area contributed by atoms with Crippen LogP contribution in [0.3, 0.4) is 0 Å². The third kappa shape index (κ3) is 6.65. The Balaban J connectivity index is 1.70. The van der Waals surface area contributed by atoms with Gasteiger partial charge in [0.1, 0.15) is 23.2 Å². The van der Waals surface area contributed by atoms with Crippen LogP contribution in [0.4, 0.5) is 10.2 Å². The van der Waals surface area contributed by atoms with E-state index in [1.165, 1.54) is 17.7 Å². The maximum absolute atomic E-state index is 14.2. The zero-order valence-electron chi connectivity index (χ0n) is 19.0. The SMILES string of the molecule is CC(CCc1ccc2c(n1)NCCC2)CN(OC(=O)c1c(F)cccc1Cl)[C@@H](CCO)C(=O)O. The molecule has 0 radical (unpaired) electrons. The number of hydroxylamine groups is 2. The third-order valence-corrected chi connectivity index (χ3v) is 6.05. The molecule has 2 atom stereocenters. The number of aliphatic carboxylic acids is 1. The van der Waals surface area contributed by atoms with Gasteiger partial charge in [-0.2, -0.15) is 0 Å². The molecular formula is C24H29ClFN3O5. The molecule has 1 unspecified atom stereocenters. The predicted molar refractivity (Wildman–Crippen MR) is 125 cm³/mol. The van der Waals surface area contributed by atoms with E-state index in [0.29, 0.717) is 12.8 Å². The van der Waals surface area contributed by atoms with Gasteiger partial charge < -0.3 is 20.4 Å². The van der Waals surface area contributed by atoms with Crippen molar-refractivity contribution in [1.82, 2.24) is 10.0 Å². The van der Waals surface area contributed by atoms with Crippen LogP contribution in [-0.4, -0.2) is 57.9 Å². The second kappa shape index (κ2) is 12.1. The molecule has 3 rings (SSSR count). The van der Waals surface area contributed by atoms with Crippen molar-refractivity contribution in [2.24, 2.45) is 5.92 Å². The summed E-state index contributed by atoms with van der Waals surface area (Å²) in [5, 5.41) is 23.1. The number of pyridine rings is 1. The number of aryl methyl sites for hydroxylation is 2. The average Bonchev–Trinajstić information content (AvgIpc) is 2.80. The summed E-state index contributed by atoms with van der Waals surface area (Å²) in [7, 11) is 0. The molecule has 1 aromatic carbocycles. The van der Waals surface area contributed by atoms with Crippen LogP contribution in [0.25, 0.3) is 0 Å². The smallest absolute Gasteiger partial charge is 0.361 e. The van der Waals surface area contributed by atoms with Crippen molar-refractivity contribution in [2.75, 3.05) is 25.0 Å². The van der Waals surface area contributed by atoms with E-state index in [0.717, 1.165) is 42.0 Å². The molecule has 0 saturated carbocycles. The summed E-state index contributed by atoms with van der Waals surface area (Å²) < 4.78 is 14.2. The van der Waals surface area contributed by atoms with Crippen LogP contribution in [0.15, 0.2) is 30.3 Å². The lowest BCUT2D eigenvalue weighted by Gasteiger charge is -2.29. The molecule has 2 aromatic rings. The molecule has 8 nitrogen and oxygen atoms in total. The van der Waals surface area contributed by atoms with Crippen molar-refractivity contribution in [3.05, 3.63) is 58.0 Å². The number of nitrogens with one attached hydrogen (secondary N) is 1. The van der Waals surface area contributed by atoms with Gasteiger partial charge in [-0.25, -0.2) is 14.2 Å². The van der Waals surface area contributed by atoms with Gasteiger partial charge in [0.2, 0.25) is 0 Å². The molecule has 3 N–H and O–H groups in total. The quantitative estimate of drug-likeness (QED) is 0.406. The molecule has 0 fully saturated rings. The van der Waals surface area contributed by atoms with E-state index in [-0.39, 0.29) is 23.9 Å². The summed E-state index contributed by atoms with van der Waals surface area (Å²) in [4.78, 5) is 34.5. The Hall–Kier alpha value is -2.75. The molecule has 1 aliphatic heterocycles. The minimum atomic E-state index is -1.30. The van der Waals surface area contributed by atoms with E-state index in [1.54, 1.807) is 0 Å². The first-order valence-electron chi connectivity index (χ1n) is 11.3. The lowest BCUT2D eigenvalue weighted by atomic mass is 10.0. The average molecular weight is 494 g/mol. The van der Waals surface area contributed by atoms with Gasteiger partial charge in [0.05, 0.1) is 5.02 Å². The number of rotatable bonds is 11. The lowest BCUT2D eigenvalue weighted by molar-refractivity contribution is -0.176. The van der Waals surface area contributed by atoms with Gasteiger partial charge in [-0.15, -0.1) is 5.06 Å². The van der Waals surface area contributed by atoms with Crippen molar-refractivity contribution in [3.8, 4) is 0 Å². The zero-order chi connectivity index (χ0) is 24.7. The van der Waals surface area contributed by atoms with E-state index in [1.807, 2.05) is 13.0 Å². The summed E-state index contributed by atoms with van der Waals surface area (Å²) in [6.45, 7) is 2.43. The number of carboxylic acid groups (broad SMARTS) is 1. The van der Waals surface area contributed by atoms with Crippen LogP contribution in [0, 0.1) is 11.7 Å². The fourth-order valence-corrected chi connectivity index (χ4v) is 4.13. The predicted octanol–water partition coefficient (Wildman–Crippen LogP) is 3.71. The molecular weight excluding hydrogens is 465 g/mol. The highest BCUT2D eigenvalue weighted by molar-refractivity contribution is 6.33. The third-order valence-electron chi connectivity index (χ3n) is 5.74. The van der Waals surface area contributed by atoms with Crippen molar-refractivity contribution < 1.29 is 29.0 Å². The fraction of sp³-hybridized carbons (Fsp3) is 0.458. The van der Waals surface area contributed by atoms with Crippen LogP contribution in [0.5, 0.6) is 0 Å². The summed E-state index contributed by atoms with van der Waals surface area (Å²) in [5.74, 6) is -2.43. The molecule has 184 valence electrons. The summed E-state index contributed by atoms with van der Waals surface area (Å²) in [6, 6.07) is 6.53. The fourth-order valence-electron chi connectivity index (χ4n) is 3.89. The van der Waals surface area contributed by atoms with E-state index in [2.05, 4.69) is 16.4 Å². The van der Waals surface area contributed by atoms with Crippen molar-refractivity contribution in [1.29, 1.82) is 0 Å². The molecule has 10 heteroatoms. The Morgan fingerprint density at radius 2 is 2.09 bits per heavy atom. The van der Waals surface area contributed by atoms with Gasteiger partial charge in [-0.05, 0) is 61.8 Å². The maximum atomic E-state index is 14.2. The van der Waals surface area contributed by atoms with Crippen molar-refractivity contribution in [3.63, 3.8) is 0 Å². The van der Waals surface area contributed by atoms with E-state index in [4.69, 9.17) is 16.4 Å². The number of anilines is 1. The molecule has 1 aliphatic rings. The van der Waals surface area contributed by atoms with Crippen molar-refractivity contribution >= 4 is 29.4 Å². The number of fused-ring (bicyclic) bond motifs is 1. The number of nitrogens with zero attached hydrogens (tertiary/aromatic N) is 2. The monoisotopic (exact) mass is 493 g/mol. The number of aliphatic hydroxyl groups is 1. The zero-order valence-corrected chi connectivity index (χ0v) is 19.7. The van der Waals surface area contributed by atoms with Crippen LogP contribution in [0.1, 0.15) is 47.8 Å². The molecule has 0 spiro atoms. The van der Waals surface area contributed by atoms with Gasteiger partial charge in [-0.3, -0.25) is 4.79 Å². The minimum absolute atomic E-state index is 0.0674. The number of aliphatic hydroxyl groups excluding tert-OH is 1.